The normalized spacial score (nSPS) is 19.9. The highest BCUT2D eigenvalue weighted by Crippen LogP contribution is 2.41. The molecule has 0 spiro atoms. The minimum atomic E-state index is -1.02. The summed E-state index contributed by atoms with van der Waals surface area (Å²) in [6, 6.07) is 26.3. The lowest BCUT2D eigenvalue weighted by molar-refractivity contribution is -0.178. The van der Waals surface area contributed by atoms with E-state index in [0.717, 1.165) is 71.8 Å². The molecule has 50 heavy (non-hydrogen) atoms. The maximum Gasteiger partial charge on any atom is 0.350 e. The number of nitrogens with zero attached hydrogens (tertiary/aromatic N) is 6. The van der Waals surface area contributed by atoms with Crippen molar-refractivity contribution in [1.29, 1.82) is 0 Å². The van der Waals surface area contributed by atoms with Crippen molar-refractivity contribution >= 4 is 37.5 Å². The van der Waals surface area contributed by atoms with Crippen LogP contribution in [0.4, 0.5) is 11.4 Å². The molecular formula is C38H42ClN6O4P. The third-order valence-electron chi connectivity index (χ3n) is 9.56. The number of benzene rings is 3. The maximum atomic E-state index is 12.8. The van der Waals surface area contributed by atoms with Crippen LogP contribution in [0, 0.1) is 0 Å². The zero-order chi connectivity index (χ0) is 34.7. The minimum absolute atomic E-state index is 0.0686. The van der Waals surface area contributed by atoms with Gasteiger partial charge >= 0.3 is 5.69 Å². The Bertz CT molecular complexity index is 1950. The van der Waals surface area contributed by atoms with Crippen molar-refractivity contribution in [3.63, 3.8) is 0 Å². The summed E-state index contributed by atoms with van der Waals surface area (Å²) in [6.45, 7) is 8.38. The van der Waals surface area contributed by atoms with E-state index in [1.54, 1.807) is 28.0 Å². The quantitative estimate of drug-likeness (QED) is 0.160. The summed E-state index contributed by atoms with van der Waals surface area (Å²) in [6.07, 6.45) is 6.23. The molecule has 4 unspecified atom stereocenters. The topological polar surface area (TPSA) is 86.9 Å². The lowest BCUT2D eigenvalue weighted by atomic mass is 9.98. The fourth-order valence-corrected chi connectivity index (χ4v) is 7.25. The van der Waals surface area contributed by atoms with Crippen LogP contribution in [0.25, 0.3) is 5.69 Å². The van der Waals surface area contributed by atoms with E-state index >= 15 is 0 Å². The predicted octanol–water partition coefficient (Wildman–Crippen LogP) is 5.77. The molecule has 3 aromatic carbocycles. The van der Waals surface area contributed by atoms with E-state index in [-0.39, 0.29) is 17.8 Å². The highest BCUT2D eigenvalue weighted by atomic mass is 35.5. The number of halogens is 1. The maximum absolute atomic E-state index is 12.8. The summed E-state index contributed by atoms with van der Waals surface area (Å²) in [7, 11) is 2.68. The zero-order valence-electron chi connectivity index (χ0n) is 28.3. The summed E-state index contributed by atoms with van der Waals surface area (Å²) in [5.74, 6) is -0.239. The van der Waals surface area contributed by atoms with Crippen molar-refractivity contribution in [2.24, 2.45) is 0 Å². The third-order valence-corrected chi connectivity index (χ3v) is 10.2. The van der Waals surface area contributed by atoms with Crippen LogP contribution in [0.1, 0.15) is 37.4 Å². The molecule has 2 fully saturated rings. The molecule has 2 aliphatic heterocycles. The number of aromatic nitrogens is 4. The van der Waals surface area contributed by atoms with Crippen LogP contribution in [0.3, 0.4) is 0 Å². The summed E-state index contributed by atoms with van der Waals surface area (Å²) in [5.41, 5.74) is 4.86. The molecule has 2 aromatic heterocycles. The van der Waals surface area contributed by atoms with Gasteiger partial charge < -0.3 is 24.0 Å². The number of hydrogen-bond acceptors (Lipinski definition) is 8. The second kappa shape index (κ2) is 15.0. The lowest BCUT2D eigenvalue weighted by Gasteiger charge is -2.37. The number of piperazine rings is 1. The Hall–Kier alpha value is -4.21. The van der Waals surface area contributed by atoms with Gasteiger partial charge in [-0.05, 0) is 90.9 Å². The summed E-state index contributed by atoms with van der Waals surface area (Å²) in [4.78, 5) is 21.7. The zero-order valence-corrected chi connectivity index (χ0v) is 30.2. The highest BCUT2D eigenvalue weighted by Gasteiger charge is 2.45. The molecule has 0 aliphatic carbocycles. The Morgan fingerprint density at radius 3 is 2.22 bits per heavy atom. The first-order chi connectivity index (χ1) is 24.3. The van der Waals surface area contributed by atoms with Crippen molar-refractivity contribution in [2.75, 3.05) is 49.2 Å². The van der Waals surface area contributed by atoms with Crippen molar-refractivity contribution in [1.82, 2.24) is 19.3 Å². The number of pyridine rings is 1. The predicted molar refractivity (Wildman–Crippen MR) is 200 cm³/mol. The van der Waals surface area contributed by atoms with Crippen molar-refractivity contribution in [2.45, 2.75) is 44.6 Å². The van der Waals surface area contributed by atoms with E-state index in [9.17, 15) is 4.79 Å². The summed E-state index contributed by atoms with van der Waals surface area (Å²) < 4.78 is 22.3. The molecule has 0 radical (unpaired) electrons. The van der Waals surface area contributed by atoms with Gasteiger partial charge in [-0.25, -0.2) is 14.0 Å². The first-order valence-corrected chi connectivity index (χ1v) is 18.0. The largest absolute Gasteiger partial charge is 0.491 e. The van der Waals surface area contributed by atoms with Crippen LogP contribution in [0.15, 0.2) is 102 Å². The average Bonchev–Trinajstić information content (AvgIpc) is 3.74. The van der Waals surface area contributed by atoms with Crippen LogP contribution in [0.2, 0.25) is 5.02 Å². The molecule has 5 aromatic rings. The molecule has 4 atom stereocenters. The third kappa shape index (κ3) is 7.30. The van der Waals surface area contributed by atoms with Gasteiger partial charge in [0.15, 0.2) is 0 Å². The Kier molecular flexibility index (Phi) is 10.2. The van der Waals surface area contributed by atoms with Gasteiger partial charge in [-0.3, -0.25) is 4.98 Å². The van der Waals surface area contributed by atoms with E-state index in [2.05, 4.69) is 60.3 Å². The smallest absolute Gasteiger partial charge is 0.350 e. The molecule has 10 nitrogen and oxygen atoms in total. The van der Waals surface area contributed by atoms with E-state index in [1.165, 1.54) is 0 Å². The van der Waals surface area contributed by atoms with E-state index in [1.807, 2.05) is 61.5 Å². The molecular weight excluding hydrogens is 671 g/mol. The standard InChI is InChI=1S/C38H42ClN6O4P/c1-3-27(2)45-37(46)44(26-41-45)31-6-4-29(5-7-31)42-18-20-43(21-19-42)30-8-10-32(11-9-30)47-24-33-25-48-38(49-33,23-28-14-16-40-17-15-28)35-13-12-34(50)22-36(35)39/h4-17,22,26-27,33H,3,18-21,23-25,50H2,1-2H3. The van der Waals surface area contributed by atoms with E-state index in [0.29, 0.717) is 24.7 Å². The molecule has 0 saturated carbocycles. The molecule has 0 N–H and O–H groups in total. The van der Waals surface area contributed by atoms with Gasteiger partial charge in [0.2, 0.25) is 5.79 Å². The van der Waals surface area contributed by atoms with Gasteiger partial charge in [-0.2, -0.15) is 5.10 Å². The SMILES string of the molecule is CCC(C)n1ncn(-c2ccc(N3CCN(c4ccc(OCC5COC(Cc6ccncc6)(c6ccc(P)cc6Cl)O5)cc4)CC3)cc2)c1=O. The van der Waals surface area contributed by atoms with Crippen molar-refractivity contribution < 1.29 is 14.2 Å². The first-order valence-electron chi connectivity index (χ1n) is 17.1. The van der Waals surface area contributed by atoms with Crippen LogP contribution in [-0.2, 0) is 21.7 Å². The Labute approximate surface area is 299 Å². The summed E-state index contributed by atoms with van der Waals surface area (Å²) in [5, 5.41) is 5.90. The minimum Gasteiger partial charge on any atom is -0.491 e. The van der Waals surface area contributed by atoms with Gasteiger partial charge in [-0.1, -0.05) is 30.7 Å². The number of ether oxygens (including phenoxy) is 3. The first kappa shape index (κ1) is 34.2. The van der Waals surface area contributed by atoms with Crippen LogP contribution in [-0.4, -0.2) is 64.8 Å². The molecule has 4 heterocycles. The van der Waals surface area contributed by atoms with Gasteiger partial charge in [0, 0.05) is 67.0 Å². The van der Waals surface area contributed by atoms with Gasteiger partial charge in [0.1, 0.15) is 24.8 Å². The van der Waals surface area contributed by atoms with Crippen LogP contribution < -0.4 is 25.5 Å². The van der Waals surface area contributed by atoms with Crippen molar-refractivity contribution in [3.8, 4) is 11.4 Å². The lowest BCUT2D eigenvalue weighted by Crippen LogP contribution is -2.46. The van der Waals surface area contributed by atoms with Crippen LogP contribution in [0.5, 0.6) is 5.75 Å². The average molecular weight is 713 g/mol. The Balaban J connectivity index is 0.930. The Morgan fingerprint density at radius 1 is 0.940 bits per heavy atom. The van der Waals surface area contributed by atoms with E-state index in [4.69, 9.17) is 25.8 Å². The summed E-state index contributed by atoms with van der Waals surface area (Å²) >= 11 is 6.71. The monoisotopic (exact) mass is 712 g/mol. The molecule has 260 valence electrons. The second-order valence-corrected chi connectivity index (χ2v) is 13.9. The molecule has 0 bridgehead atoms. The molecule has 2 aliphatic rings. The highest BCUT2D eigenvalue weighted by molar-refractivity contribution is 7.27. The van der Waals surface area contributed by atoms with Gasteiger partial charge in [-0.15, -0.1) is 9.24 Å². The van der Waals surface area contributed by atoms with E-state index < -0.39 is 5.79 Å². The number of hydrogen-bond donors (Lipinski definition) is 0. The molecule has 7 rings (SSSR count). The van der Waals surface area contributed by atoms with Gasteiger partial charge in [0.05, 0.1) is 18.3 Å². The molecule has 12 heteroatoms. The van der Waals surface area contributed by atoms with Gasteiger partial charge in [0.25, 0.3) is 0 Å². The number of anilines is 2. The fourth-order valence-electron chi connectivity index (χ4n) is 6.54. The number of rotatable bonds is 11. The Morgan fingerprint density at radius 2 is 1.58 bits per heavy atom. The fraction of sp³-hybridized carbons (Fsp3) is 0.342. The molecule has 0 amide bonds. The van der Waals surface area contributed by atoms with Crippen LogP contribution >= 0.6 is 20.8 Å². The molecule has 2 saturated heterocycles. The van der Waals surface area contributed by atoms with Crippen molar-refractivity contribution in [3.05, 3.63) is 124 Å². The second-order valence-electron chi connectivity index (χ2n) is 12.9.